The monoisotopic (exact) mass is 408 g/mol. The molecule has 0 spiro atoms. The van der Waals surface area contributed by atoms with Crippen LogP contribution in [-0.4, -0.2) is 41.8 Å². The van der Waals surface area contributed by atoms with Crippen LogP contribution in [0.3, 0.4) is 0 Å². The van der Waals surface area contributed by atoms with Crippen molar-refractivity contribution < 1.29 is 18.8 Å². The molecule has 0 aliphatic carbocycles. The summed E-state index contributed by atoms with van der Waals surface area (Å²) in [6.45, 7) is 2.56. The minimum Gasteiger partial charge on any atom is -0.497 e. The van der Waals surface area contributed by atoms with Crippen LogP contribution in [0.5, 0.6) is 11.5 Å². The number of anilines is 1. The number of amides is 2. The lowest BCUT2D eigenvalue weighted by atomic mass is 10.2. The van der Waals surface area contributed by atoms with Gasteiger partial charge in [-0.25, -0.2) is 4.79 Å². The maximum atomic E-state index is 12.9. The molecule has 0 radical (unpaired) electrons. The third-order valence-electron chi connectivity index (χ3n) is 5.24. The average Bonchev–Trinajstić information content (AvgIpc) is 3.44. The van der Waals surface area contributed by atoms with Gasteiger partial charge in [0.2, 0.25) is 11.7 Å². The predicted molar refractivity (Wildman–Crippen MR) is 112 cm³/mol. The number of aryl methyl sites for hydroxylation is 1. The number of benzene rings is 2. The molecule has 1 saturated heterocycles. The Morgan fingerprint density at radius 2 is 1.97 bits per heavy atom. The second-order valence-corrected chi connectivity index (χ2v) is 7.15. The molecule has 3 aromatic rings. The number of rotatable bonds is 5. The van der Waals surface area contributed by atoms with E-state index in [1.54, 1.807) is 19.1 Å². The molecule has 4 rings (SSSR count). The molecule has 1 N–H and O–H groups in total. The maximum absolute atomic E-state index is 12.9. The number of hydrogen-bond donors (Lipinski definition) is 1. The van der Waals surface area contributed by atoms with Gasteiger partial charge in [0.15, 0.2) is 0 Å². The van der Waals surface area contributed by atoms with Crippen LogP contribution in [0.25, 0.3) is 11.4 Å². The van der Waals surface area contributed by atoms with Crippen molar-refractivity contribution in [1.29, 1.82) is 0 Å². The van der Waals surface area contributed by atoms with E-state index >= 15 is 0 Å². The number of hydrogen-bond acceptors (Lipinski definition) is 6. The van der Waals surface area contributed by atoms with E-state index in [1.807, 2.05) is 49.4 Å². The third-order valence-corrected chi connectivity index (χ3v) is 5.24. The molecular weight excluding hydrogens is 384 g/mol. The first-order valence-electron chi connectivity index (χ1n) is 9.79. The van der Waals surface area contributed by atoms with Crippen LogP contribution < -0.4 is 14.8 Å². The Balaban J connectivity index is 1.51. The molecule has 30 heavy (non-hydrogen) atoms. The molecule has 1 atom stereocenters. The fraction of sp³-hybridized carbons (Fsp3) is 0.318. The highest BCUT2D eigenvalue weighted by molar-refractivity contribution is 5.90. The Bertz CT molecular complexity index is 1050. The summed E-state index contributed by atoms with van der Waals surface area (Å²) >= 11 is 0. The second-order valence-electron chi connectivity index (χ2n) is 7.15. The molecule has 2 amide bonds. The van der Waals surface area contributed by atoms with Gasteiger partial charge in [-0.2, -0.15) is 4.98 Å². The SMILES string of the molecule is COc1cccc(-c2noc([C@H]3CCCN3C(=O)Nc3ccc(OC)cc3C)n2)c1. The zero-order valence-electron chi connectivity index (χ0n) is 17.2. The standard InChI is InChI=1S/C22H24N4O4/c1-14-12-17(29-3)9-10-18(14)23-22(27)26-11-5-8-19(26)21-24-20(25-30-21)15-6-4-7-16(13-15)28-2/h4,6-7,9-10,12-13,19H,5,8,11H2,1-3H3,(H,23,27)/t19-/m1/s1. The number of nitrogens with one attached hydrogen (secondary N) is 1. The fourth-order valence-electron chi connectivity index (χ4n) is 3.61. The Hall–Kier alpha value is -3.55. The molecule has 8 heteroatoms. The maximum Gasteiger partial charge on any atom is 0.322 e. The fourth-order valence-corrected chi connectivity index (χ4v) is 3.61. The molecule has 1 aliphatic rings. The Labute approximate surface area is 174 Å². The largest absolute Gasteiger partial charge is 0.497 e. The van der Waals surface area contributed by atoms with Crippen molar-refractivity contribution in [3.8, 4) is 22.9 Å². The molecule has 2 heterocycles. The number of nitrogens with zero attached hydrogens (tertiary/aromatic N) is 3. The lowest BCUT2D eigenvalue weighted by molar-refractivity contribution is 0.193. The molecule has 1 fully saturated rings. The number of carbonyl (C=O) groups is 1. The first-order valence-corrected chi connectivity index (χ1v) is 9.79. The van der Waals surface area contributed by atoms with E-state index in [-0.39, 0.29) is 12.1 Å². The van der Waals surface area contributed by atoms with Crippen molar-refractivity contribution in [2.45, 2.75) is 25.8 Å². The van der Waals surface area contributed by atoms with Gasteiger partial charge in [0.1, 0.15) is 17.5 Å². The number of aromatic nitrogens is 2. The summed E-state index contributed by atoms with van der Waals surface area (Å²) in [6.07, 6.45) is 1.64. The van der Waals surface area contributed by atoms with Gasteiger partial charge in [-0.3, -0.25) is 0 Å². The van der Waals surface area contributed by atoms with E-state index in [0.717, 1.165) is 41.2 Å². The molecular formula is C22H24N4O4. The molecule has 2 aromatic carbocycles. The molecule has 8 nitrogen and oxygen atoms in total. The lowest BCUT2D eigenvalue weighted by Crippen LogP contribution is -2.34. The molecule has 156 valence electrons. The molecule has 0 bridgehead atoms. The summed E-state index contributed by atoms with van der Waals surface area (Å²) < 4.78 is 16.0. The van der Waals surface area contributed by atoms with E-state index in [1.165, 1.54) is 0 Å². The van der Waals surface area contributed by atoms with Crippen LogP contribution in [0.15, 0.2) is 47.0 Å². The number of methoxy groups -OCH3 is 2. The van der Waals surface area contributed by atoms with Crippen molar-refractivity contribution in [1.82, 2.24) is 15.0 Å². The van der Waals surface area contributed by atoms with Crippen LogP contribution in [-0.2, 0) is 0 Å². The van der Waals surface area contributed by atoms with Crippen molar-refractivity contribution >= 4 is 11.7 Å². The van der Waals surface area contributed by atoms with Crippen molar-refractivity contribution in [3.05, 3.63) is 53.9 Å². The van der Waals surface area contributed by atoms with Gasteiger partial charge < -0.3 is 24.2 Å². The van der Waals surface area contributed by atoms with Gasteiger partial charge in [0, 0.05) is 17.8 Å². The van der Waals surface area contributed by atoms with E-state index in [2.05, 4.69) is 15.5 Å². The van der Waals surface area contributed by atoms with E-state index in [0.29, 0.717) is 18.3 Å². The van der Waals surface area contributed by atoms with Gasteiger partial charge in [-0.05, 0) is 55.7 Å². The van der Waals surface area contributed by atoms with Crippen LogP contribution in [0.4, 0.5) is 10.5 Å². The van der Waals surface area contributed by atoms with Crippen LogP contribution in [0, 0.1) is 6.92 Å². The molecule has 1 aromatic heterocycles. The average molecular weight is 408 g/mol. The van der Waals surface area contributed by atoms with Crippen molar-refractivity contribution in [2.24, 2.45) is 0 Å². The van der Waals surface area contributed by atoms with E-state index in [9.17, 15) is 4.79 Å². The summed E-state index contributed by atoms with van der Waals surface area (Å²) in [4.78, 5) is 19.2. The number of likely N-dealkylation sites (tertiary alicyclic amines) is 1. The first kappa shape index (κ1) is 19.8. The van der Waals surface area contributed by atoms with E-state index in [4.69, 9.17) is 14.0 Å². The number of carbonyl (C=O) groups excluding carboxylic acids is 1. The summed E-state index contributed by atoms with van der Waals surface area (Å²) in [5.41, 5.74) is 2.47. The summed E-state index contributed by atoms with van der Waals surface area (Å²) in [6, 6.07) is 12.6. The van der Waals surface area contributed by atoms with Gasteiger partial charge in [-0.15, -0.1) is 0 Å². The lowest BCUT2D eigenvalue weighted by Gasteiger charge is -2.23. The molecule has 1 aliphatic heterocycles. The summed E-state index contributed by atoms with van der Waals surface area (Å²) in [5, 5.41) is 7.09. The third kappa shape index (κ3) is 3.94. The number of urea groups is 1. The van der Waals surface area contributed by atoms with Crippen molar-refractivity contribution in [2.75, 3.05) is 26.1 Å². The van der Waals surface area contributed by atoms with Crippen LogP contribution >= 0.6 is 0 Å². The minimum absolute atomic E-state index is 0.188. The summed E-state index contributed by atoms with van der Waals surface area (Å²) in [7, 11) is 3.23. The summed E-state index contributed by atoms with van der Waals surface area (Å²) in [5.74, 6) is 2.38. The predicted octanol–water partition coefficient (Wildman–Crippen LogP) is 4.43. The Morgan fingerprint density at radius 1 is 1.17 bits per heavy atom. The molecule has 0 unspecified atom stereocenters. The first-order chi connectivity index (χ1) is 14.6. The highest BCUT2D eigenvalue weighted by Crippen LogP contribution is 2.33. The molecule has 0 saturated carbocycles. The van der Waals surface area contributed by atoms with Gasteiger partial charge in [-0.1, -0.05) is 17.3 Å². The van der Waals surface area contributed by atoms with Crippen LogP contribution in [0.1, 0.15) is 30.3 Å². The Morgan fingerprint density at radius 3 is 2.73 bits per heavy atom. The quantitative estimate of drug-likeness (QED) is 0.672. The van der Waals surface area contributed by atoms with Crippen LogP contribution in [0.2, 0.25) is 0 Å². The minimum atomic E-state index is -0.254. The van der Waals surface area contributed by atoms with E-state index < -0.39 is 0 Å². The Kier molecular flexibility index (Phi) is 5.56. The number of ether oxygens (including phenoxy) is 2. The highest BCUT2D eigenvalue weighted by atomic mass is 16.5. The highest BCUT2D eigenvalue weighted by Gasteiger charge is 2.34. The van der Waals surface area contributed by atoms with Crippen molar-refractivity contribution in [3.63, 3.8) is 0 Å². The van der Waals surface area contributed by atoms with Gasteiger partial charge in [0.25, 0.3) is 0 Å². The normalized spacial score (nSPS) is 15.8. The zero-order valence-corrected chi connectivity index (χ0v) is 17.2. The second kappa shape index (κ2) is 8.44. The van der Waals surface area contributed by atoms with Gasteiger partial charge in [0.05, 0.1) is 14.2 Å². The van der Waals surface area contributed by atoms with Gasteiger partial charge >= 0.3 is 6.03 Å². The smallest absolute Gasteiger partial charge is 0.322 e. The topological polar surface area (TPSA) is 89.7 Å². The zero-order chi connectivity index (χ0) is 21.1.